The van der Waals surface area contributed by atoms with Crippen LogP contribution in [0, 0.1) is 0 Å². The van der Waals surface area contributed by atoms with Crippen molar-refractivity contribution >= 4 is 5.97 Å². The molecule has 1 aliphatic heterocycles. The number of hydrogen-bond acceptors (Lipinski definition) is 7. The summed E-state index contributed by atoms with van der Waals surface area (Å²) in [5.41, 5.74) is -0.500. The number of esters is 1. The zero-order chi connectivity index (χ0) is 16.9. The van der Waals surface area contributed by atoms with Gasteiger partial charge in [0.15, 0.2) is 11.9 Å². The van der Waals surface area contributed by atoms with Crippen molar-refractivity contribution in [2.75, 3.05) is 27.9 Å². The molecule has 3 atom stereocenters. The fraction of sp³-hybridized carbons (Fsp3) is 0.562. The summed E-state index contributed by atoms with van der Waals surface area (Å²) >= 11 is 0. The maximum absolute atomic E-state index is 11.9. The summed E-state index contributed by atoms with van der Waals surface area (Å²) in [5, 5.41) is 9.54. The summed E-state index contributed by atoms with van der Waals surface area (Å²) in [6.07, 6.45) is -1.09. The molecule has 1 fully saturated rings. The van der Waals surface area contributed by atoms with Gasteiger partial charge in [0.25, 0.3) is 0 Å². The van der Waals surface area contributed by atoms with Crippen LogP contribution in [0.2, 0.25) is 0 Å². The third-order valence-corrected chi connectivity index (χ3v) is 3.84. The first kappa shape index (κ1) is 17.7. The minimum atomic E-state index is -1.44. The molecule has 0 saturated carbocycles. The Bertz CT molecular complexity index is 516. The predicted molar refractivity (Wildman–Crippen MR) is 79.9 cm³/mol. The first-order chi connectivity index (χ1) is 11.1. The molecule has 0 radical (unpaired) electrons. The summed E-state index contributed by atoms with van der Waals surface area (Å²) < 4.78 is 26.4. The monoisotopic (exact) mass is 326 g/mol. The molecule has 1 aliphatic rings. The number of aliphatic hydroxyl groups is 1. The van der Waals surface area contributed by atoms with Crippen LogP contribution in [-0.4, -0.2) is 57.0 Å². The number of benzene rings is 1. The number of carbonyl (C=O) groups is 1. The van der Waals surface area contributed by atoms with Crippen molar-refractivity contribution in [3.63, 3.8) is 0 Å². The van der Waals surface area contributed by atoms with Crippen LogP contribution >= 0.6 is 0 Å². The largest absolute Gasteiger partial charge is 0.497 e. The second kappa shape index (κ2) is 7.74. The van der Waals surface area contributed by atoms with Gasteiger partial charge >= 0.3 is 5.97 Å². The topological polar surface area (TPSA) is 83.5 Å². The highest BCUT2D eigenvalue weighted by Gasteiger charge is 2.53. The molecule has 7 nitrogen and oxygen atoms in total. The predicted octanol–water partition coefficient (Wildman–Crippen LogP) is 0.877. The van der Waals surface area contributed by atoms with Gasteiger partial charge in [0.2, 0.25) is 0 Å². The van der Waals surface area contributed by atoms with Crippen molar-refractivity contribution in [3.8, 4) is 5.75 Å². The van der Waals surface area contributed by atoms with E-state index in [0.29, 0.717) is 6.61 Å². The molecule has 0 bridgehead atoms. The van der Waals surface area contributed by atoms with Gasteiger partial charge in [-0.3, -0.25) is 0 Å². The molecule has 0 unspecified atom stereocenters. The molecular formula is C16H22O7. The van der Waals surface area contributed by atoms with Gasteiger partial charge in [-0.05, 0) is 17.7 Å². The Morgan fingerprint density at radius 2 is 2.00 bits per heavy atom. The Kier molecular flexibility index (Phi) is 5.95. The fourth-order valence-electron chi connectivity index (χ4n) is 2.51. The number of hydrogen-bond donors (Lipinski definition) is 1. The summed E-state index contributed by atoms with van der Waals surface area (Å²) in [5.74, 6) is 0.121. The molecule has 0 amide bonds. The van der Waals surface area contributed by atoms with E-state index in [1.54, 1.807) is 7.11 Å². The lowest BCUT2D eigenvalue weighted by molar-refractivity contribution is -0.207. The third-order valence-electron chi connectivity index (χ3n) is 3.84. The lowest BCUT2D eigenvalue weighted by atomic mass is 10.00. The number of methoxy groups -OCH3 is 3. The molecule has 0 aromatic heterocycles. The Hall–Kier alpha value is -1.67. The van der Waals surface area contributed by atoms with Crippen molar-refractivity contribution in [1.29, 1.82) is 0 Å². The molecule has 1 saturated heterocycles. The van der Waals surface area contributed by atoms with E-state index in [2.05, 4.69) is 0 Å². The summed E-state index contributed by atoms with van der Waals surface area (Å²) in [4.78, 5) is 11.9. The number of ether oxygens (including phenoxy) is 5. The van der Waals surface area contributed by atoms with E-state index in [0.717, 1.165) is 11.3 Å². The van der Waals surface area contributed by atoms with Crippen molar-refractivity contribution in [1.82, 2.24) is 0 Å². The molecule has 1 aromatic carbocycles. The van der Waals surface area contributed by atoms with E-state index in [1.165, 1.54) is 14.2 Å². The SMILES string of the molecule is COC(=O)[C@@]1(CO)C[C@@H](OCc2ccc(OC)cc2)[C@H](OC)O1. The number of rotatable bonds is 7. The van der Waals surface area contributed by atoms with Crippen molar-refractivity contribution < 1.29 is 33.6 Å². The van der Waals surface area contributed by atoms with E-state index in [4.69, 9.17) is 23.7 Å². The minimum Gasteiger partial charge on any atom is -0.497 e. The summed E-state index contributed by atoms with van der Waals surface area (Å²) in [6.45, 7) is -0.178. The Morgan fingerprint density at radius 1 is 1.30 bits per heavy atom. The minimum absolute atomic E-state index is 0.158. The lowest BCUT2D eigenvalue weighted by Crippen LogP contribution is -2.43. The second-order valence-corrected chi connectivity index (χ2v) is 5.27. The summed E-state index contributed by atoms with van der Waals surface area (Å²) in [6, 6.07) is 7.44. The van der Waals surface area contributed by atoms with Crippen LogP contribution in [0.3, 0.4) is 0 Å². The number of carbonyl (C=O) groups excluding carboxylic acids is 1. The smallest absolute Gasteiger partial charge is 0.340 e. The Balaban J connectivity index is 2.01. The lowest BCUT2D eigenvalue weighted by Gasteiger charge is -2.22. The maximum atomic E-state index is 11.9. The normalized spacial score (nSPS) is 27.0. The molecule has 1 aromatic rings. The van der Waals surface area contributed by atoms with Gasteiger partial charge in [0, 0.05) is 13.5 Å². The Labute approximate surface area is 135 Å². The van der Waals surface area contributed by atoms with Crippen LogP contribution in [0.15, 0.2) is 24.3 Å². The van der Waals surface area contributed by atoms with Crippen molar-refractivity contribution in [3.05, 3.63) is 29.8 Å². The third kappa shape index (κ3) is 3.81. The average Bonchev–Trinajstić information content (AvgIpc) is 2.99. The van der Waals surface area contributed by atoms with Crippen LogP contribution in [-0.2, 0) is 30.3 Å². The van der Waals surface area contributed by atoms with E-state index < -0.39 is 30.6 Å². The Morgan fingerprint density at radius 3 is 2.52 bits per heavy atom. The van der Waals surface area contributed by atoms with E-state index in [9.17, 15) is 9.90 Å². The molecule has 1 heterocycles. The summed E-state index contributed by atoms with van der Waals surface area (Å²) in [7, 11) is 4.31. The highest BCUT2D eigenvalue weighted by Crippen LogP contribution is 2.34. The molecule has 1 N–H and O–H groups in total. The van der Waals surface area contributed by atoms with E-state index in [-0.39, 0.29) is 6.42 Å². The van der Waals surface area contributed by atoms with Gasteiger partial charge in [-0.15, -0.1) is 0 Å². The first-order valence-electron chi connectivity index (χ1n) is 7.23. The average molecular weight is 326 g/mol. The van der Waals surface area contributed by atoms with Gasteiger partial charge in [-0.1, -0.05) is 12.1 Å². The maximum Gasteiger partial charge on any atom is 0.340 e. The molecule has 7 heteroatoms. The second-order valence-electron chi connectivity index (χ2n) is 5.27. The van der Waals surface area contributed by atoms with Crippen LogP contribution in [0.4, 0.5) is 0 Å². The highest BCUT2D eigenvalue weighted by atomic mass is 16.7. The van der Waals surface area contributed by atoms with Gasteiger partial charge in [-0.25, -0.2) is 4.79 Å². The van der Waals surface area contributed by atoms with Crippen LogP contribution in [0.5, 0.6) is 5.75 Å². The standard InChI is InChI=1S/C16H22O7/c1-19-12-6-4-11(5-7-12)9-22-13-8-16(10-17,15(18)21-3)23-14(13)20-2/h4-7,13-14,17H,8-10H2,1-3H3/t13-,14-,16+/m1/s1. The molecule has 0 spiro atoms. The fourth-order valence-corrected chi connectivity index (χ4v) is 2.51. The van der Waals surface area contributed by atoms with E-state index >= 15 is 0 Å². The molecule has 23 heavy (non-hydrogen) atoms. The molecular weight excluding hydrogens is 304 g/mol. The highest BCUT2D eigenvalue weighted by molar-refractivity contribution is 5.80. The van der Waals surface area contributed by atoms with Gasteiger partial charge in [-0.2, -0.15) is 0 Å². The van der Waals surface area contributed by atoms with Crippen molar-refractivity contribution in [2.24, 2.45) is 0 Å². The van der Waals surface area contributed by atoms with Gasteiger partial charge < -0.3 is 28.8 Å². The van der Waals surface area contributed by atoms with Gasteiger partial charge in [0.1, 0.15) is 11.9 Å². The molecule has 128 valence electrons. The number of aliphatic hydroxyl groups excluding tert-OH is 1. The van der Waals surface area contributed by atoms with Crippen LogP contribution < -0.4 is 4.74 Å². The van der Waals surface area contributed by atoms with E-state index in [1.807, 2.05) is 24.3 Å². The van der Waals surface area contributed by atoms with Gasteiger partial charge in [0.05, 0.1) is 27.4 Å². The van der Waals surface area contributed by atoms with Crippen molar-refractivity contribution in [2.45, 2.75) is 31.0 Å². The zero-order valence-electron chi connectivity index (χ0n) is 13.5. The zero-order valence-corrected chi connectivity index (χ0v) is 13.5. The molecule has 2 rings (SSSR count). The molecule has 0 aliphatic carbocycles. The quantitative estimate of drug-likeness (QED) is 0.745. The van der Waals surface area contributed by atoms with Crippen LogP contribution in [0.1, 0.15) is 12.0 Å². The first-order valence-corrected chi connectivity index (χ1v) is 7.23. The van der Waals surface area contributed by atoms with Crippen LogP contribution in [0.25, 0.3) is 0 Å².